The minimum Gasteiger partial charge on any atom is -0.455 e. The Balaban J connectivity index is 1.19. The summed E-state index contributed by atoms with van der Waals surface area (Å²) >= 11 is 0. The standard InChI is InChI=1S/C23H29N5O2/c1-27-7-9-28(10-8-27)15-22(29)24-19-12-20-14-21(13-19)30-23(26-20)25-18-4-2-3-17(11-18)16-5-6-16/h2-4,11-13,16,23,25H,5-10,14-15H2,1H3,(H,24,29). The average Bonchev–Trinajstić information content (AvgIpc) is 3.55. The summed E-state index contributed by atoms with van der Waals surface area (Å²) in [5.41, 5.74) is 4.08. The maximum atomic E-state index is 12.4. The van der Waals surface area contributed by atoms with E-state index in [4.69, 9.17) is 4.74 Å². The van der Waals surface area contributed by atoms with Gasteiger partial charge in [0.15, 0.2) is 0 Å². The number of rotatable bonds is 6. The third-order valence-electron chi connectivity index (χ3n) is 6.01. The Bertz CT molecular complexity index is 910. The number of likely N-dealkylation sites (N-methyl/N-ethyl adjacent to an activating group) is 1. The van der Waals surface area contributed by atoms with Crippen molar-refractivity contribution in [2.45, 2.75) is 31.5 Å². The number of benzene rings is 1. The lowest BCUT2D eigenvalue weighted by Gasteiger charge is -2.32. The van der Waals surface area contributed by atoms with Gasteiger partial charge in [0.2, 0.25) is 5.91 Å². The van der Waals surface area contributed by atoms with E-state index < -0.39 is 6.35 Å². The highest BCUT2D eigenvalue weighted by Crippen LogP contribution is 2.40. The third kappa shape index (κ3) is 4.74. The van der Waals surface area contributed by atoms with Crippen LogP contribution >= 0.6 is 0 Å². The first-order valence-corrected chi connectivity index (χ1v) is 10.8. The molecular weight excluding hydrogens is 378 g/mol. The Morgan fingerprint density at radius 3 is 2.80 bits per heavy atom. The van der Waals surface area contributed by atoms with Crippen molar-refractivity contribution >= 4 is 17.3 Å². The van der Waals surface area contributed by atoms with Crippen molar-refractivity contribution in [2.24, 2.45) is 4.99 Å². The smallest absolute Gasteiger partial charge is 0.268 e. The molecule has 2 N–H and O–H groups in total. The second kappa shape index (κ2) is 8.24. The number of allylic oxidation sites excluding steroid dienone is 3. The molecule has 158 valence electrons. The van der Waals surface area contributed by atoms with Gasteiger partial charge in [0.25, 0.3) is 6.35 Å². The number of hydrogen-bond donors (Lipinski definition) is 2. The number of hydrogen-bond acceptors (Lipinski definition) is 6. The van der Waals surface area contributed by atoms with Crippen LogP contribution in [0.15, 0.2) is 52.9 Å². The van der Waals surface area contributed by atoms with Gasteiger partial charge in [-0.1, -0.05) is 12.1 Å². The molecular formula is C23H29N5O2. The van der Waals surface area contributed by atoms with E-state index in [-0.39, 0.29) is 5.91 Å². The first-order valence-electron chi connectivity index (χ1n) is 10.8. The molecule has 0 radical (unpaired) electrons. The Hall–Kier alpha value is -2.64. The van der Waals surface area contributed by atoms with E-state index in [0.717, 1.165) is 49.0 Å². The highest BCUT2D eigenvalue weighted by molar-refractivity contribution is 6.00. The molecule has 1 amide bonds. The molecule has 0 spiro atoms. The molecule has 1 aromatic carbocycles. The third-order valence-corrected chi connectivity index (χ3v) is 6.01. The van der Waals surface area contributed by atoms with Crippen LogP contribution in [0.5, 0.6) is 0 Å². The van der Waals surface area contributed by atoms with Gasteiger partial charge < -0.3 is 20.3 Å². The number of nitrogens with zero attached hydrogens (tertiary/aromatic N) is 3. The summed E-state index contributed by atoms with van der Waals surface area (Å²) in [5.74, 6) is 1.55. The fourth-order valence-electron chi connectivity index (χ4n) is 4.14. The number of carbonyl (C=O) groups is 1. The predicted molar refractivity (Wildman–Crippen MR) is 117 cm³/mol. The van der Waals surface area contributed by atoms with Crippen molar-refractivity contribution in [3.8, 4) is 0 Å². The van der Waals surface area contributed by atoms with Crippen LogP contribution in [0, 0.1) is 0 Å². The minimum absolute atomic E-state index is 0.00907. The average molecular weight is 408 g/mol. The van der Waals surface area contributed by atoms with Gasteiger partial charge in [0, 0.05) is 50.1 Å². The molecule has 1 unspecified atom stereocenters. The molecule has 4 aliphatic rings. The van der Waals surface area contributed by atoms with Crippen molar-refractivity contribution < 1.29 is 9.53 Å². The normalized spacial score (nSPS) is 24.3. The summed E-state index contributed by atoms with van der Waals surface area (Å²) in [6.45, 7) is 4.28. The molecule has 2 heterocycles. The Morgan fingerprint density at radius 2 is 2.03 bits per heavy atom. The van der Waals surface area contributed by atoms with E-state index in [1.165, 1.54) is 18.4 Å². The number of anilines is 1. The van der Waals surface area contributed by atoms with Gasteiger partial charge in [-0.2, -0.15) is 0 Å². The molecule has 0 aromatic heterocycles. The monoisotopic (exact) mass is 407 g/mol. The summed E-state index contributed by atoms with van der Waals surface area (Å²) in [6.07, 6.45) is 6.66. The summed E-state index contributed by atoms with van der Waals surface area (Å²) in [7, 11) is 2.11. The molecule has 1 saturated heterocycles. The summed E-state index contributed by atoms with van der Waals surface area (Å²) < 4.78 is 6.01. The Labute approximate surface area is 177 Å². The molecule has 1 aromatic rings. The number of ether oxygens (including phenoxy) is 1. The molecule has 2 bridgehead atoms. The number of nitrogens with one attached hydrogen (secondary N) is 2. The zero-order valence-corrected chi connectivity index (χ0v) is 17.4. The lowest BCUT2D eigenvalue weighted by molar-refractivity contribution is -0.121. The van der Waals surface area contributed by atoms with Gasteiger partial charge in [-0.15, -0.1) is 0 Å². The molecule has 5 rings (SSSR count). The zero-order valence-electron chi connectivity index (χ0n) is 17.4. The minimum atomic E-state index is -0.437. The summed E-state index contributed by atoms with van der Waals surface area (Å²) in [6, 6.07) is 8.52. The van der Waals surface area contributed by atoms with E-state index >= 15 is 0 Å². The van der Waals surface area contributed by atoms with E-state index in [0.29, 0.717) is 18.9 Å². The van der Waals surface area contributed by atoms with Gasteiger partial charge in [0.1, 0.15) is 5.76 Å². The fraction of sp³-hybridized carbons (Fsp3) is 0.478. The molecule has 1 saturated carbocycles. The molecule has 7 nitrogen and oxygen atoms in total. The van der Waals surface area contributed by atoms with Crippen molar-refractivity contribution in [1.29, 1.82) is 0 Å². The largest absolute Gasteiger partial charge is 0.455 e. The fourth-order valence-corrected chi connectivity index (χ4v) is 4.14. The first kappa shape index (κ1) is 19.3. The highest BCUT2D eigenvalue weighted by Gasteiger charge is 2.26. The molecule has 2 aliphatic carbocycles. The number of fused-ring (bicyclic) bond motifs is 2. The van der Waals surface area contributed by atoms with Crippen molar-refractivity contribution in [3.63, 3.8) is 0 Å². The van der Waals surface area contributed by atoms with Crippen LogP contribution in [-0.2, 0) is 9.53 Å². The quantitative estimate of drug-likeness (QED) is 0.757. The van der Waals surface area contributed by atoms with Gasteiger partial charge in [-0.05, 0) is 49.6 Å². The topological polar surface area (TPSA) is 69.2 Å². The lowest BCUT2D eigenvalue weighted by Crippen LogP contribution is -2.48. The Morgan fingerprint density at radius 1 is 1.20 bits per heavy atom. The van der Waals surface area contributed by atoms with Crippen LogP contribution in [0.3, 0.4) is 0 Å². The van der Waals surface area contributed by atoms with Crippen LogP contribution in [0.4, 0.5) is 5.69 Å². The van der Waals surface area contributed by atoms with E-state index in [9.17, 15) is 4.79 Å². The van der Waals surface area contributed by atoms with E-state index in [1.807, 2.05) is 18.2 Å². The Kier molecular flexibility index (Phi) is 5.31. The number of piperazine rings is 1. The second-order valence-electron chi connectivity index (χ2n) is 8.65. The number of aliphatic imine (C=N–C) groups is 1. The van der Waals surface area contributed by atoms with Gasteiger partial charge in [-0.25, -0.2) is 4.99 Å². The number of amides is 1. The predicted octanol–water partition coefficient (Wildman–Crippen LogP) is 2.27. The van der Waals surface area contributed by atoms with Crippen LogP contribution in [0.1, 0.15) is 30.7 Å². The zero-order chi connectivity index (χ0) is 20.5. The van der Waals surface area contributed by atoms with Crippen LogP contribution in [0.25, 0.3) is 0 Å². The van der Waals surface area contributed by atoms with E-state index in [2.05, 4.69) is 50.7 Å². The van der Waals surface area contributed by atoms with Crippen molar-refractivity contribution in [1.82, 2.24) is 15.1 Å². The van der Waals surface area contributed by atoms with Crippen molar-refractivity contribution in [2.75, 3.05) is 45.1 Å². The summed E-state index contributed by atoms with van der Waals surface area (Å²) in [5, 5.41) is 6.37. The molecule has 7 heteroatoms. The van der Waals surface area contributed by atoms with Gasteiger partial charge >= 0.3 is 0 Å². The van der Waals surface area contributed by atoms with E-state index in [1.54, 1.807) is 0 Å². The first-order chi connectivity index (χ1) is 14.6. The number of carbonyl (C=O) groups excluding carboxylic acids is 1. The SMILES string of the molecule is CN1CCN(CC(=O)NC2=CC3=NC(Nc4cccc(C5CC5)c4)OC(=C2)C3)CC1. The summed E-state index contributed by atoms with van der Waals surface area (Å²) in [4.78, 5) is 21.6. The molecule has 2 aliphatic heterocycles. The van der Waals surface area contributed by atoms with Crippen LogP contribution in [-0.4, -0.2) is 67.5 Å². The second-order valence-corrected chi connectivity index (χ2v) is 8.65. The highest BCUT2D eigenvalue weighted by atomic mass is 16.5. The molecule has 30 heavy (non-hydrogen) atoms. The van der Waals surface area contributed by atoms with Crippen LogP contribution in [0.2, 0.25) is 0 Å². The molecule has 2 fully saturated rings. The van der Waals surface area contributed by atoms with Crippen molar-refractivity contribution in [3.05, 3.63) is 53.4 Å². The van der Waals surface area contributed by atoms with Gasteiger partial charge in [0.05, 0.1) is 12.3 Å². The maximum Gasteiger partial charge on any atom is 0.268 e. The van der Waals surface area contributed by atoms with Crippen LogP contribution < -0.4 is 10.6 Å². The molecule has 1 atom stereocenters. The van der Waals surface area contributed by atoms with Gasteiger partial charge in [-0.3, -0.25) is 9.69 Å². The maximum absolute atomic E-state index is 12.4. The lowest BCUT2D eigenvalue weighted by atomic mass is 10.1.